The van der Waals surface area contributed by atoms with Crippen LogP contribution in [0.15, 0.2) is 54.7 Å². The molecule has 1 atom stereocenters. The van der Waals surface area contributed by atoms with Crippen LogP contribution in [-0.2, 0) is 16.0 Å². The number of likely N-dealkylation sites (tertiary alicyclic amines) is 1. The number of hydrogen-bond acceptors (Lipinski definition) is 2. The molecule has 6 heteroatoms. The molecule has 2 amide bonds. The van der Waals surface area contributed by atoms with Gasteiger partial charge >= 0.3 is 0 Å². The SMILES string of the molecule is O=C(Nc1ccccc1)C1CC(=O)N(CCc2c[nH]c3ccc(Cl)cc23)C1. The van der Waals surface area contributed by atoms with Gasteiger partial charge in [0.1, 0.15) is 0 Å². The van der Waals surface area contributed by atoms with E-state index in [9.17, 15) is 9.59 Å². The van der Waals surface area contributed by atoms with Crippen LogP contribution >= 0.6 is 11.6 Å². The number of carbonyl (C=O) groups excluding carboxylic acids is 2. The third kappa shape index (κ3) is 3.83. The average Bonchev–Trinajstić information content (AvgIpc) is 3.24. The van der Waals surface area contributed by atoms with E-state index in [4.69, 9.17) is 11.6 Å². The fourth-order valence-corrected chi connectivity index (χ4v) is 3.71. The number of anilines is 1. The summed E-state index contributed by atoms with van der Waals surface area (Å²) < 4.78 is 0. The number of benzene rings is 2. The fraction of sp³-hybridized carbons (Fsp3) is 0.238. The van der Waals surface area contributed by atoms with Gasteiger partial charge in [-0.15, -0.1) is 0 Å². The molecule has 1 saturated heterocycles. The highest BCUT2D eigenvalue weighted by Gasteiger charge is 2.34. The van der Waals surface area contributed by atoms with Crippen molar-refractivity contribution in [3.63, 3.8) is 0 Å². The number of halogens is 1. The number of carbonyl (C=O) groups is 2. The number of H-pyrrole nitrogens is 1. The summed E-state index contributed by atoms with van der Waals surface area (Å²) in [5, 5.41) is 4.66. The molecule has 1 aliphatic rings. The van der Waals surface area contributed by atoms with Gasteiger partial charge in [-0.1, -0.05) is 29.8 Å². The Labute approximate surface area is 162 Å². The zero-order valence-electron chi connectivity index (χ0n) is 14.7. The Morgan fingerprint density at radius 3 is 2.85 bits per heavy atom. The van der Waals surface area contributed by atoms with Crippen LogP contribution in [0.3, 0.4) is 0 Å². The third-order valence-corrected chi connectivity index (χ3v) is 5.24. The van der Waals surface area contributed by atoms with Crippen molar-refractivity contribution in [1.82, 2.24) is 9.88 Å². The summed E-state index contributed by atoms with van der Waals surface area (Å²) >= 11 is 6.10. The summed E-state index contributed by atoms with van der Waals surface area (Å²) in [5.41, 5.74) is 2.91. The Morgan fingerprint density at radius 2 is 2.04 bits per heavy atom. The number of rotatable bonds is 5. The molecule has 0 radical (unpaired) electrons. The van der Waals surface area contributed by atoms with Gasteiger partial charge in [-0.05, 0) is 42.3 Å². The third-order valence-electron chi connectivity index (χ3n) is 5.01. The number of nitrogens with one attached hydrogen (secondary N) is 2. The first kappa shape index (κ1) is 17.6. The molecule has 4 rings (SSSR count). The normalized spacial score (nSPS) is 16.9. The minimum Gasteiger partial charge on any atom is -0.361 e. The Hall–Kier alpha value is -2.79. The predicted molar refractivity (Wildman–Crippen MR) is 107 cm³/mol. The summed E-state index contributed by atoms with van der Waals surface area (Å²) in [6, 6.07) is 15.1. The fourth-order valence-electron chi connectivity index (χ4n) is 3.54. The number of aromatic nitrogens is 1. The van der Waals surface area contributed by atoms with Gasteiger partial charge in [0.05, 0.1) is 5.92 Å². The van der Waals surface area contributed by atoms with Crippen molar-refractivity contribution in [3.8, 4) is 0 Å². The number of para-hydroxylation sites is 1. The highest BCUT2D eigenvalue weighted by molar-refractivity contribution is 6.31. The van der Waals surface area contributed by atoms with Gasteiger partial charge in [0.2, 0.25) is 11.8 Å². The number of amides is 2. The smallest absolute Gasteiger partial charge is 0.229 e. The van der Waals surface area contributed by atoms with E-state index in [1.165, 1.54) is 0 Å². The second-order valence-corrected chi connectivity index (χ2v) is 7.29. The Balaban J connectivity index is 1.38. The van der Waals surface area contributed by atoms with Crippen molar-refractivity contribution < 1.29 is 9.59 Å². The first-order valence-electron chi connectivity index (χ1n) is 8.99. The van der Waals surface area contributed by atoms with E-state index < -0.39 is 0 Å². The molecule has 2 aromatic carbocycles. The molecule has 0 bridgehead atoms. The van der Waals surface area contributed by atoms with Crippen LogP contribution in [-0.4, -0.2) is 34.8 Å². The molecule has 1 aliphatic heterocycles. The summed E-state index contributed by atoms with van der Waals surface area (Å²) in [7, 11) is 0. The highest BCUT2D eigenvalue weighted by Crippen LogP contribution is 2.24. The molecule has 27 heavy (non-hydrogen) atoms. The second-order valence-electron chi connectivity index (χ2n) is 6.85. The zero-order chi connectivity index (χ0) is 18.8. The van der Waals surface area contributed by atoms with E-state index in [1.807, 2.05) is 54.7 Å². The number of fused-ring (bicyclic) bond motifs is 1. The van der Waals surface area contributed by atoms with Gasteiger partial charge in [0, 0.05) is 47.3 Å². The van der Waals surface area contributed by atoms with E-state index in [0.717, 1.165) is 28.6 Å². The van der Waals surface area contributed by atoms with Crippen LogP contribution in [0.2, 0.25) is 5.02 Å². The second kappa shape index (κ2) is 7.45. The quantitative estimate of drug-likeness (QED) is 0.705. The molecule has 1 fully saturated rings. The van der Waals surface area contributed by atoms with E-state index >= 15 is 0 Å². The Kier molecular flexibility index (Phi) is 4.86. The molecule has 1 unspecified atom stereocenters. The first-order valence-corrected chi connectivity index (χ1v) is 9.37. The number of hydrogen-bond donors (Lipinski definition) is 2. The van der Waals surface area contributed by atoms with Gasteiger partial charge in [0.25, 0.3) is 0 Å². The molecule has 138 valence electrons. The maximum Gasteiger partial charge on any atom is 0.229 e. The molecule has 0 saturated carbocycles. The standard InChI is InChI=1S/C21H20ClN3O2/c22-16-6-7-19-18(11-16)14(12-23-19)8-9-25-13-15(10-20(25)26)21(27)24-17-4-2-1-3-5-17/h1-7,11-12,15,23H,8-10,13H2,(H,24,27). The van der Waals surface area contributed by atoms with Crippen LogP contribution < -0.4 is 5.32 Å². The van der Waals surface area contributed by atoms with Gasteiger partial charge < -0.3 is 15.2 Å². The molecule has 1 aromatic heterocycles. The van der Waals surface area contributed by atoms with E-state index in [0.29, 0.717) is 18.1 Å². The molecule has 0 spiro atoms. The predicted octanol–water partition coefficient (Wildman–Crippen LogP) is 3.85. The molecular weight excluding hydrogens is 362 g/mol. The van der Waals surface area contributed by atoms with Crippen LogP contribution in [0.1, 0.15) is 12.0 Å². The maximum absolute atomic E-state index is 12.4. The topological polar surface area (TPSA) is 65.2 Å². The summed E-state index contributed by atoms with van der Waals surface area (Å²) in [5.74, 6) is -0.382. The van der Waals surface area contributed by atoms with Crippen LogP contribution in [0, 0.1) is 5.92 Å². The molecular formula is C21H20ClN3O2. The van der Waals surface area contributed by atoms with Crippen molar-refractivity contribution in [2.75, 3.05) is 18.4 Å². The largest absolute Gasteiger partial charge is 0.361 e. The minimum atomic E-state index is -0.310. The molecule has 2 heterocycles. The first-order chi connectivity index (χ1) is 13.1. The van der Waals surface area contributed by atoms with Gasteiger partial charge in [0.15, 0.2) is 0 Å². The average molecular weight is 382 g/mol. The Bertz CT molecular complexity index is 984. The van der Waals surface area contributed by atoms with Crippen molar-refractivity contribution >= 4 is 40.0 Å². The molecule has 2 N–H and O–H groups in total. The van der Waals surface area contributed by atoms with Crippen LogP contribution in [0.4, 0.5) is 5.69 Å². The monoisotopic (exact) mass is 381 g/mol. The van der Waals surface area contributed by atoms with Gasteiger partial charge in [-0.2, -0.15) is 0 Å². The van der Waals surface area contributed by atoms with Gasteiger partial charge in [-0.3, -0.25) is 9.59 Å². The number of aromatic amines is 1. The van der Waals surface area contributed by atoms with Gasteiger partial charge in [-0.25, -0.2) is 0 Å². The summed E-state index contributed by atoms with van der Waals surface area (Å²) in [6.45, 7) is 1.05. The highest BCUT2D eigenvalue weighted by atomic mass is 35.5. The van der Waals surface area contributed by atoms with Crippen molar-refractivity contribution in [3.05, 3.63) is 65.3 Å². The number of nitrogens with zero attached hydrogens (tertiary/aromatic N) is 1. The lowest BCUT2D eigenvalue weighted by Crippen LogP contribution is -2.29. The molecule has 0 aliphatic carbocycles. The molecule has 5 nitrogen and oxygen atoms in total. The zero-order valence-corrected chi connectivity index (χ0v) is 15.5. The lowest BCUT2D eigenvalue weighted by molar-refractivity contribution is -0.128. The van der Waals surface area contributed by atoms with E-state index in [2.05, 4.69) is 10.3 Å². The Morgan fingerprint density at radius 1 is 1.22 bits per heavy atom. The van der Waals surface area contributed by atoms with Crippen LogP contribution in [0.5, 0.6) is 0 Å². The molecule has 3 aromatic rings. The van der Waals surface area contributed by atoms with E-state index in [-0.39, 0.29) is 24.2 Å². The van der Waals surface area contributed by atoms with Crippen molar-refractivity contribution in [2.45, 2.75) is 12.8 Å². The van der Waals surface area contributed by atoms with Crippen LogP contribution in [0.25, 0.3) is 10.9 Å². The minimum absolute atomic E-state index is 0.0288. The van der Waals surface area contributed by atoms with E-state index in [1.54, 1.807) is 4.90 Å². The lowest BCUT2D eigenvalue weighted by Gasteiger charge is -2.16. The van der Waals surface area contributed by atoms with Crippen molar-refractivity contribution in [2.24, 2.45) is 5.92 Å². The van der Waals surface area contributed by atoms with Crippen molar-refractivity contribution in [1.29, 1.82) is 0 Å². The summed E-state index contributed by atoms with van der Waals surface area (Å²) in [4.78, 5) is 29.8. The summed E-state index contributed by atoms with van der Waals surface area (Å²) in [6.07, 6.45) is 2.94. The maximum atomic E-state index is 12.4. The lowest BCUT2D eigenvalue weighted by atomic mass is 10.1.